The Balaban J connectivity index is 2.12. The number of para-hydroxylation sites is 1. The topological polar surface area (TPSA) is 87.8 Å². The van der Waals surface area contributed by atoms with E-state index in [0.717, 1.165) is 4.31 Å². The monoisotopic (exact) mass is 323 g/mol. The minimum absolute atomic E-state index is 0.0235. The van der Waals surface area contributed by atoms with Gasteiger partial charge in [0.15, 0.2) is 5.58 Å². The normalized spacial score (nSPS) is 23.7. The molecular formula is C15H17NO5S. The number of nitrogens with zero attached hydrogens (tertiary/aromatic N) is 1. The fourth-order valence-electron chi connectivity index (χ4n) is 3.08. The predicted molar refractivity (Wildman–Crippen MR) is 79.9 cm³/mol. The van der Waals surface area contributed by atoms with Crippen molar-refractivity contribution in [1.29, 1.82) is 0 Å². The Labute approximate surface area is 128 Å². The van der Waals surface area contributed by atoms with Crippen molar-refractivity contribution in [1.82, 2.24) is 4.31 Å². The van der Waals surface area contributed by atoms with Gasteiger partial charge in [-0.25, -0.2) is 8.42 Å². The van der Waals surface area contributed by atoms with Gasteiger partial charge in [0.1, 0.15) is 10.9 Å². The van der Waals surface area contributed by atoms with Crippen molar-refractivity contribution in [3.63, 3.8) is 0 Å². The molecule has 0 saturated carbocycles. The van der Waals surface area contributed by atoms with Crippen molar-refractivity contribution in [3.05, 3.63) is 30.5 Å². The molecule has 22 heavy (non-hydrogen) atoms. The van der Waals surface area contributed by atoms with Crippen LogP contribution in [-0.4, -0.2) is 36.4 Å². The molecular weight excluding hydrogens is 306 g/mol. The average molecular weight is 323 g/mol. The van der Waals surface area contributed by atoms with Gasteiger partial charge in [-0.3, -0.25) is 4.79 Å². The lowest BCUT2D eigenvalue weighted by Gasteiger charge is -2.36. The Morgan fingerprint density at radius 1 is 1.36 bits per heavy atom. The quantitative estimate of drug-likeness (QED) is 0.936. The molecule has 0 spiro atoms. The summed E-state index contributed by atoms with van der Waals surface area (Å²) in [5, 5.41) is 10.1. The largest absolute Gasteiger partial charge is 0.480 e. The molecule has 1 aromatic heterocycles. The first-order valence-corrected chi connectivity index (χ1v) is 8.58. The molecule has 2 heterocycles. The van der Waals surface area contributed by atoms with Gasteiger partial charge in [-0.15, -0.1) is 0 Å². The van der Waals surface area contributed by atoms with Gasteiger partial charge >= 0.3 is 5.97 Å². The van der Waals surface area contributed by atoms with Gasteiger partial charge < -0.3 is 9.52 Å². The van der Waals surface area contributed by atoms with Gasteiger partial charge in [-0.1, -0.05) is 19.1 Å². The highest BCUT2D eigenvalue weighted by Crippen LogP contribution is 2.32. The first-order valence-electron chi connectivity index (χ1n) is 7.14. The third-order valence-electron chi connectivity index (χ3n) is 4.17. The number of sulfonamides is 1. The van der Waals surface area contributed by atoms with E-state index in [-0.39, 0.29) is 22.9 Å². The van der Waals surface area contributed by atoms with Crippen LogP contribution in [0.25, 0.3) is 11.0 Å². The molecule has 1 aromatic carbocycles. The molecule has 0 radical (unpaired) electrons. The van der Waals surface area contributed by atoms with Crippen molar-refractivity contribution in [2.24, 2.45) is 5.92 Å². The maximum atomic E-state index is 13.0. The Kier molecular flexibility index (Phi) is 3.70. The molecule has 0 bridgehead atoms. The van der Waals surface area contributed by atoms with Crippen LogP contribution in [0.5, 0.6) is 0 Å². The molecule has 1 saturated heterocycles. The second kappa shape index (κ2) is 5.40. The third-order valence-corrected chi connectivity index (χ3v) is 6.07. The number of piperidine rings is 1. The van der Waals surface area contributed by atoms with E-state index >= 15 is 0 Å². The van der Waals surface area contributed by atoms with Crippen LogP contribution in [0.15, 0.2) is 39.8 Å². The maximum absolute atomic E-state index is 13.0. The first-order chi connectivity index (χ1) is 10.4. The fourth-order valence-corrected chi connectivity index (χ4v) is 4.95. The highest BCUT2D eigenvalue weighted by atomic mass is 32.2. The van der Waals surface area contributed by atoms with Crippen LogP contribution in [0.1, 0.15) is 19.8 Å². The zero-order valence-corrected chi connectivity index (χ0v) is 12.9. The summed E-state index contributed by atoms with van der Waals surface area (Å²) >= 11 is 0. The van der Waals surface area contributed by atoms with Gasteiger partial charge in [0.2, 0.25) is 10.0 Å². The van der Waals surface area contributed by atoms with E-state index in [2.05, 4.69) is 0 Å². The summed E-state index contributed by atoms with van der Waals surface area (Å²) in [4.78, 5) is 11.6. The summed E-state index contributed by atoms with van der Waals surface area (Å²) in [5.41, 5.74) is 0.268. The van der Waals surface area contributed by atoms with Crippen LogP contribution in [-0.2, 0) is 14.8 Å². The van der Waals surface area contributed by atoms with E-state index in [9.17, 15) is 18.3 Å². The Morgan fingerprint density at radius 2 is 2.14 bits per heavy atom. The molecule has 1 aliphatic heterocycles. The molecule has 6 nitrogen and oxygen atoms in total. The molecule has 2 atom stereocenters. The molecule has 7 heteroatoms. The SMILES string of the molecule is CC1CCCN(S(=O)(=O)c2cccc3ccoc23)C1C(=O)O. The molecule has 2 aromatic rings. The number of hydrogen-bond donors (Lipinski definition) is 1. The van der Waals surface area contributed by atoms with Crippen molar-refractivity contribution in [2.45, 2.75) is 30.7 Å². The van der Waals surface area contributed by atoms with Crippen LogP contribution in [0.2, 0.25) is 0 Å². The standard InChI is InChI=1S/C15H17NO5S/c1-10-4-3-8-16(13(10)15(17)18)22(19,20)12-6-2-5-11-7-9-21-14(11)12/h2,5-7,9-10,13H,3-4,8H2,1H3,(H,17,18). The number of carboxylic acids is 1. The molecule has 1 aliphatic rings. The Hall–Kier alpha value is -1.86. The fraction of sp³-hybridized carbons (Fsp3) is 0.400. The van der Waals surface area contributed by atoms with E-state index in [1.54, 1.807) is 25.1 Å². The molecule has 1 fully saturated rings. The number of aliphatic carboxylic acids is 1. The van der Waals surface area contributed by atoms with Gasteiger partial charge in [0.05, 0.1) is 6.26 Å². The number of hydrogen-bond acceptors (Lipinski definition) is 4. The van der Waals surface area contributed by atoms with E-state index in [0.29, 0.717) is 18.2 Å². The lowest BCUT2D eigenvalue weighted by Crippen LogP contribution is -2.51. The van der Waals surface area contributed by atoms with E-state index in [4.69, 9.17) is 4.42 Å². The van der Waals surface area contributed by atoms with Crippen LogP contribution in [0.3, 0.4) is 0 Å². The molecule has 118 valence electrons. The summed E-state index contributed by atoms with van der Waals surface area (Å²) in [6, 6.07) is 5.49. The minimum Gasteiger partial charge on any atom is -0.480 e. The van der Waals surface area contributed by atoms with Crippen LogP contribution in [0.4, 0.5) is 0 Å². The highest BCUT2D eigenvalue weighted by Gasteiger charge is 2.42. The maximum Gasteiger partial charge on any atom is 0.322 e. The van der Waals surface area contributed by atoms with Crippen molar-refractivity contribution in [3.8, 4) is 0 Å². The minimum atomic E-state index is -3.93. The number of furan rings is 1. The zero-order valence-electron chi connectivity index (χ0n) is 12.1. The molecule has 0 aliphatic carbocycles. The smallest absolute Gasteiger partial charge is 0.322 e. The van der Waals surface area contributed by atoms with Gasteiger partial charge in [0.25, 0.3) is 0 Å². The lowest BCUT2D eigenvalue weighted by atomic mass is 9.93. The summed E-state index contributed by atoms with van der Waals surface area (Å²) in [6.07, 6.45) is 2.78. The number of fused-ring (bicyclic) bond motifs is 1. The number of rotatable bonds is 3. The molecule has 1 N–H and O–H groups in total. The summed E-state index contributed by atoms with van der Waals surface area (Å²) in [6.45, 7) is 1.98. The number of carbonyl (C=O) groups is 1. The summed E-state index contributed by atoms with van der Waals surface area (Å²) in [7, 11) is -3.93. The lowest BCUT2D eigenvalue weighted by molar-refractivity contribution is -0.144. The van der Waals surface area contributed by atoms with E-state index < -0.39 is 22.0 Å². The van der Waals surface area contributed by atoms with Gasteiger partial charge in [-0.05, 0) is 30.9 Å². The second-order valence-electron chi connectivity index (χ2n) is 5.61. The van der Waals surface area contributed by atoms with Crippen molar-refractivity contribution < 1.29 is 22.7 Å². The van der Waals surface area contributed by atoms with Crippen molar-refractivity contribution in [2.75, 3.05) is 6.54 Å². The van der Waals surface area contributed by atoms with Crippen LogP contribution < -0.4 is 0 Å². The van der Waals surface area contributed by atoms with Crippen LogP contribution in [0, 0.1) is 5.92 Å². The highest BCUT2D eigenvalue weighted by molar-refractivity contribution is 7.89. The predicted octanol–water partition coefficient (Wildman–Crippen LogP) is 2.31. The van der Waals surface area contributed by atoms with Gasteiger partial charge in [-0.2, -0.15) is 4.31 Å². The number of benzene rings is 1. The molecule has 0 amide bonds. The zero-order chi connectivity index (χ0) is 15.9. The second-order valence-corrected chi connectivity index (χ2v) is 7.47. The van der Waals surface area contributed by atoms with Crippen molar-refractivity contribution >= 4 is 27.0 Å². The molecule has 3 rings (SSSR count). The average Bonchev–Trinajstić information content (AvgIpc) is 2.94. The van der Waals surface area contributed by atoms with E-state index in [1.165, 1.54) is 12.3 Å². The summed E-state index contributed by atoms with van der Waals surface area (Å²) in [5.74, 6) is -1.33. The number of carboxylic acid groups (broad SMARTS) is 1. The first kappa shape index (κ1) is 15.1. The van der Waals surface area contributed by atoms with E-state index in [1.807, 2.05) is 0 Å². The Morgan fingerprint density at radius 3 is 2.86 bits per heavy atom. The Bertz CT molecular complexity index is 810. The third kappa shape index (κ3) is 2.30. The van der Waals surface area contributed by atoms with Crippen LogP contribution >= 0.6 is 0 Å². The summed E-state index contributed by atoms with van der Waals surface area (Å²) < 4.78 is 32.3. The van der Waals surface area contributed by atoms with Gasteiger partial charge in [0, 0.05) is 11.9 Å². The molecule has 2 unspecified atom stereocenters.